The lowest BCUT2D eigenvalue weighted by Gasteiger charge is -2.35. The fourth-order valence-corrected chi connectivity index (χ4v) is 3.52. The Bertz CT molecular complexity index is 448. The van der Waals surface area contributed by atoms with Gasteiger partial charge >= 0.3 is 0 Å². The highest BCUT2D eigenvalue weighted by molar-refractivity contribution is 5.33. The zero-order valence-corrected chi connectivity index (χ0v) is 11.2. The van der Waals surface area contributed by atoms with Crippen LogP contribution in [0.3, 0.4) is 0 Å². The second kappa shape index (κ2) is 5.59. The Labute approximate surface area is 114 Å². The number of rotatable bonds is 2. The van der Waals surface area contributed by atoms with Crippen LogP contribution in [0.5, 0.6) is 0 Å². The van der Waals surface area contributed by atoms with E-state index in [0.717, 1.165) is 44.1 Å². The van der Waals surface area contributed by atoms with Crippen LogP contribution in [0, 0.1) is 5.82 Å². The lowest BCUT2D eigenvalue weighted by atomic mass is 9.85. The zero-order valence-electron chi connectivity index (χ0n) is 11.2. The van der Waals surface area contributed by atoms with Gasteiger partial charge in [0.25, 0.3) is 0 Å². The maximum atomic E-state index is 13.3. The second-order valence-electron chi connectivity index (χ2n) is 5.91. The zero-order chi connectivity index (χ0) is 13.2. The van der Waals surface area contributed by atoms with Crippen LogP contribution in [-0.2, 0) is 6.42 Å². The molecular formula is C16H22FNO. The standard InChI is InChI=1S/C16H22FNO/c17-12-8-9-13-11(10-12)4-3-6-14(13)18-15-5-1-2-7-16(15)19/h8-10,14-16,18-19H,1-7H2. The second-order valence-corrected chi connectivity index (χ2v) is 5.91. The van der Waals surface area contributed by atoms with Crippen LogP contribution in [0.4, 0.5) is 4.39 Å². The van der Waals surface area contributed by atoms with Gasteiger partial charge in [0.05, 0.1) is 6.10 Å². The number of aliphatic hydroxyl groups is 1. The number of halogens is 1. The Morgan fingerprint density at radius 3 is 2.79 bits per heavy atom. The summed E-state index contributed by atoms with van der Waals surface area (Å²) in [6.45, 7) is 0. The average molecular weight is 263 g/mol. The molecule has 0 spiro atoms. The molecule has 0 heterocycles. The molecule has 3 unspecified atom stereocenters. The number of aliphatic hydroxyl groups excluding tert-OH is 1. The Balaban J connectivity index is 1.76. The molecule has 1 aromatic rings. The molecule has 104 valence electrons. The van der Waals surface area contributed by atoms with Gasteiger partial charge in [-0.15, -0.1) is 0 Å². The lowest BCUT2D eigenvalue weighted by Crippen LogP contribution is -2.44. The first kappa shape index (κ1) is 13.1. The van der Waals surface area contributed by atoms with Crippen molar-refractivity contribution < 1.29 is 9.50 Å². The minimum absolute atomic E-state index is 0.142. The molecule has 0 radical (unpaired) electrons. The van der Waals surface area contributed by atoms with Crippen molar-refractivity contribution in [3.8, 4) is 0 Å². The van der Waals surface area contributed by atoms with Crippen LogP contribution < -0.4 is 5.32 Å². The molecule has 0 amide bonds. The van der Waals surface area contributed by atoms with Crippen LogP contribution in [0.1, 0.15) is 55.7 Å². The molecule has 3 atom stereocenters. The first-order valence-electron chi connectivity index (χ1n) is 7.46. The monoisotopic (exact) mass is 263 g/mol. The fourth-order valence-electron chi connectivity index (χ4n) is 3.52. The van der Waals surface area contributed by atoms with E-state index in [0.29, 0.717) is 0 Å². The third-order valence-electron chi connectivity index (χ3n) is 4.56. The lowest BCUT2D eigenvalue weighted by molar-refractivity contribution is 0.0834. The van der Waals surface area contributed by atoms with Gasteiger partial charge in [0.15, 0.2) is 0 Å². The minimum Gasteiger partial charge on any atom is -0.392 e. The molecule has 19 heavy (non-hydrogen) atoms. The Kier molecular flexibility index (Phi) is 3.85. The van der Waals surface area contributed by atoms with Gasteiger partial charge in [-0.05, 0) is 55.4 Å². The van der Waals surface area contributed by atoms with Crippen molar-refractivity contribution in [1.82, 2.24) is 5.32 Å². The predicted octanol–water partition coefficient (Wildman–Crippen LogP) is 3.10. The van der Waals surface area contributed by atoms with Gasteiger partial charge in [-0.2, -0.15) is 0 Å². The number of aryl methyl sites for hydroxylation is 1. The predicted molar refractivity (Wildman–Crippen MR) is 73.5 cm³/mol. The SMILES string of the molecule is OC1CCCCC1NC1CCCc2cc(F)ccc21. The summed E-state index contributed by atoms with van der Waals surface area (Å²) in [6, 6.07) is 5.62. The van der Waals surface area contributed by atoms with Crippen molar-refractivity contribution in [2.24, 2.45) is 0 Å². The number of fused-ring (bicyclic) bond motifs is 1. The van der Waals surface area contributed by atoms with Crippen LogP contribution in [0.15, 0.2) is 18.2 Å². The summed E-state index contributed by atoms with van der Waals surface area (Å²) in [5.41, 5.74) is 2.36. The first-order chi connectivity index (χ1) is 9.24. The summed E-state index contributed by atoms with van der Waals surface area (Å²) in [7, 11) is 0. The van der Waals surface area contributed by atoms with E-state index in [1.54, 1.807) is 12.1 Å². The highest BCUT2D eigenvalue weighted by atomic mass is 19.1. The summed E-state index contributed by atoms with van der Waals surface area (Å²) < 4.78 is 13.3. The molecule has 0 bridgehead atoms. The number of benzene rings is 1. The first-order valence-corrected chi connectivity index (χ1v) is 7.46. The molecule has 0 aliphatic heterocycles. The summed E-state index contributed by atoms with van der Waals surface area (Å²) in [5.74, 6) is -0.142. The molecule has 2 aliphatic rings. The molecule has 0 saturated heterocycles. The fraction of sp³-hybridized carbons (Fsp3) is 0.625. The maximum Gasteiger partial charge on any atom is 0.123 e. The molecular weight excluding hydrogens is 241 g/mol. The Morgan fingerprint density at radius 2 is 1.95 bits per heavy atom. The van der Waals surface area contributed by atoms with Gasteiger partial charge in [0, 0.05) is 12.1 Å². The van der Waals surface area contributed by atoms with E-state index < -0.39 is 0 Å². The van der Waals surface area contributed by atoms with Crippen molar-refractivity contribution >= 4 is 0 Å². The van der Waals surface area contributed by atoms with Gasteiger partial charge in [0.2, 0.25) is 0 Å². The Morgan fingerprint density at radius 1 is 1.11 bits per heavy atom. The highest BCUT2D eigenvalue weighted by Crippen LogP contribution is 2.32. The summed E-state index contributed by atoms with van der Waals surface area (Å²) >= 11 is 0. The molecule has 2 aliphatic carbocycles. The van der Waals surface area contributed by atoms with Crippen LogP contribution in [0.2, 0.25) is 0 Å². The van der Waals surface area contributed by atoms with E-state index in [2.05, 4.69) is 5.32 Å². The topological polar surface area (TPSA) is 32.3 Å². The minimum atomic E-state index is -0.223. The van der Waals surface area contributed by atoms with Crippen molar-refractivity contribution in [2.75, 3.05) is 0 Å². The number of hydrogen-bond donors (Lipinski definition) is 2. The van der Waals surface area contributed by atoms with Crippen molar-refractivity contribution in [1.29, 1.82) is 0 Å². The molecule has 1 fully saturated rings. The summed E-state index contributed by atoms with van der Waals surface area (Å²) in [6.07, 6.45) is 7.20. The highest BCUT2D eigenvalue weighted by Gasteiger charge is 2.28. The number of nitrogens with one attached hydrogen (secondary N) is 1. The van der Waals surface area contributed by atoms with Gasteiger partial charge in [-0.1, -0.05) is 18.9 Å². The van der Waals surface area contributed by atoms with E-state index in [4.69, 9.17) is 0 Å². The molecule has 1 saturated carbocycles. The molecule has 0 aromatic heterocycles. The quantitative estimate of drug-likeness (QED) is 0.859. The molecule has 2 N–H and O–H groups in total. The van der Waals surface area contributed by atoms with Crippen LogP contribution in [0.25, 0.3) is 0 Å². The number of hydrogen-bond acceptors (Lipinski definition) is 2. The third kappa shape index (κ3) is 2.82. The van der Waals surface area contributed by atoms with Gasteiger partial charge in [-0.3, -0.25) is 0 Å². The molecule has 2 nitrogen and oxygen atoms in total. The van der Waals surface area contributed by atoms with Crippen molar-refractivity contribution in [2.45, 2.75) is 63.1 Å². The molecule has 3 heteroatoms. The van der Waals surface area contributed by atoms with E-state index in [1.807, 2.05) is 6.07 Å². The molecule has 3 rings (SSSR count). The normalized spacial score (nSPS) is 30.9. The van der Waals surface area contributed by atoms with Crippen molar-refractivity contribution in [3.05, 3.63) is 35.1 Å². The average Bonchev–Trinajstić information content (AvgIpc) is 2.41. The van der Waals surface area contributed by atoms with E-state index in [-0.39, 0.29) is 24.0 Å². The molecule has 1 aromatic carbocycles. The van der Waals surface area contributed by atoms with E-state index in [1.165, 1.54) is 12.0 Å². The van der Waals surface area contributed by atoms with Gasteiger partial charge < -0.3 is 10.4 Å². The van der Waals surface area contributed by atoms with E-state index in [9.17, 15) is 9.50 Å². The third-order valence-corrected chi connectivity index (χ3v) is 4.56. The van der Waals surface area contributed by atoms with Gasteiger partial charge in [-0.25, -0.2) is 4.39 Å². The van der Waals surface area contributed by atoms with Crippen LogP contribution >= 0.6 is 0 Å². The summed E-state index contributed by atoms with van der Waals surface area (Å²) in [5, 5.41) is 13.7. The van der Waals surface area contributed by atoms with Gasteiger partial charge in [0.1, 0.15) is 5.82 Å². The Hall–Kier alpha value is -0.930. The van der Waals surface area contributed by atoms with Crippen LogP contribution in [-0.4, -0.2) is 17.3 Å². The smallest absolute Gasteiger partial charge is 0.123 e. The summed E-state index contributed by atoms with van der Waals surface area (Å²) in [4.78, 5) is 0. The van der Waals surface area contributed by atoms with E-state index >= 15 is 0 Å². The van der Waals surface area contributed by atoms with Crippen molar-refractivity contribution in [3.63, 3.8) is 0 Å². The largest absolute Gasteiger partial charge is 0.392 e. The maximum absolute atomic E-state index is 13.3.